The number of halogens is 3. The van der Waals surface area contributed by atoms with E-state index >= 15 is 0 Å². The summed E-state index contributed by atoms with van der Waals surface area (Å²) in [6.07, 6.45) is 0.733. The van der Waals surface area contributed by atoms with Crippen molar-refractivity contribution in [2.24, 2.45) is 0 Å². The van der Waals surface area contributed by atoms with Crippen LogP contribution in [-0.4, -0.2) is 23.6 Å². The zero-order valence-corrected chi connectivity index (χ0v) is 18.1. The highest BCUT2D eigenvalue weighted by Crippen LogP contribution is 2.34. The van der Waals surface area contributed by atoms with Crippen LogP contribution < -0.4 is 4.72 Å². The van der Waals surface area contributed by atoms with Crippen molar-refractivity contribution in [3.8, 4) is 0 Å². The summed E-state index contributed by atoms with van der Waals surface area (Å²) in [5, 5.41) is 6.05. The number of fused-ring (bicyclic) bond motifs is 1. The molecule has 0 radical (unpaired) electrons. The number of hydrogen-bond acceptors (Lipinski definition) is 5. The number of allylic oxidation sites excluding steroid dienone is 2. The first kappa shape index (κ1) is 25.4. The van der Waals surface area contributed by atoms with Gasteiger partial charge in [0.15, 0.2) is 10.7 Å². The number of sulfonamides is 1. The summed E-state index contributed by atoms with van der Waals surface area (Å²) in [6, 6.07) is 4.15. The van der Waals surface area contributed by atoms with E-state index < -0.39 is 28.5 Å². The lowest BCUT2D eigenvalue weighted by Crippen LogP contribution is -2.24. The van der Waals surface area contributed by atoms with Crippen molar-refractivity contribution < 1.29 is 26.0 Å². The van der Waals surface area contributed by atoms with Gasteiger partial charge in [0.05, 0.1) is 5.39 Å². The summed E-state index contributed by atoms with van der Waals surface area (Å²) < 4.78 is 70.0. The quantitative estimate of drug-likeness (QED) is 0.552. The van der Waals surface area contributed by atoms with Crippen LogP contribution in [0.1, 0.15) is 44.8 Å². The van der Waals surface area contributed by atoms with Crippen LogP contribution in [0.5, 0.6) is 0 Å². The summed E-state index contributed by atoms with van der Waals surface area (Å²) in [7, 11) is -4.11. The second-order valence-electron chi connectivity index (χ2n) is 5.63. The van der Waals surface area contributed by atoms with Gasteiger partial charge in [-0.3, -0.25) is 5.10 Å². The first-order valence-corrected chi connectivity index (χ1v) is 10.6. The van der Waals surface area contributed by atoms with E-state index in [0.29, 0.717) is 0 Å². The maximum atomic E-state index is 12.9. The molecule has 0 fully saturated rings. The molecule has 3 aromatic rings. The summed E-state index contributed by atoms with van der Waals surface area (Å²) in [5.41, 5.74) is -0.112. The molecule has 0 aliphatic heterocycles. The third-order valence-electron chi connectivity index (χ3n) is 3.54. The van der Waals surface area contributed by atoms with Gasteiger partial charge in [0.25, 0.3) is 10.0 Å². The fraction of sp³-hybridized carbons (Fsp3) is 0.368. The number of rotatable bonds is 4. The van der Waals surface area contributed by atoms with Gasteiger partial charge in [0.2, 0.25) is 5.76 Å². The number of aromatic nitrogens is 3. The maximum absolute atomic E-state index is 12.9. The Morgan fingerprint density at radius 1 is 1.23 bits per heavy atom. The van der Waals surface area contributed by atoms with Crippen LogP contribution in [0.25, 0.3) is 11.0 Å². The normalized spacial score (nSPS) is 11.7. The fourth-order valence-corrected chi connectivity index (χ4v) is 3.32. The topological polar surface area (TPSA) is 101 Å². The number of H-pyrrole nitrogens is 1. The molecule has 0 aliphatic rings. The molecule has 0 spiro atoms. The first-order valence-electron chi connectivity index (χ1n) is 9.12. The lowest BCUT2D eigenvalue weighted by molar-refractivity contribution is -0.154. The molecule has 0 amide bonds. The molecular formula is C19H25F3N4O3S. The van der Waals surface area contributed by atoms with Gasteiger partial charge < -0.3 is 4.42 Å². The highest BCUT2D eigenvalue weighted by molar-refractivity contribution is 7.89. The lowest BCUT2D eigenvalue weighted by Gasteiger charge is -2.07. The molecule has 0 saturated heterocycles. The van der Waals surface area contributed by atoms with Crippen molar-refractivity contribution in [3.05, 3.63) is 53.6 Å². The molecule has 0 saturated carbocycles. The number of furan rings is 1. The van der Waals surface area contributed by atoms with Crippen LogP contribution in [0.3, 0.4) is 0 Å². The van der Waals surface area contributed by atoms with Crippen molar-refractivity contribution in [2.45, 2.75) is 52.4 Å². The molecule has 11 heteroatoms. The Balaban J connectivity index is 0.000000673. The van der Waals surface area contributed by atoms with Gasteiger partial charge in [-0.25, -0.2) is 18.1 Å². The van der Waals surface area contributed by atoms with Crippen LogP contribution in [0.2, 0.25) is 0 Å². The van der Waals surface area contributed by atoms with Crippen LogP contribution in [0, 0.1) is 6.92 Å². The maximum Gasteiger partial charge on any atom is 0.449 e. The summed E-state index contributed by atoms with van der Waals surface area (Å²) in [5.74, 6) is -1.19. The molecule has 30 heavy (non-hydrogen) atoms. The predicted molar refractivity (Wildman–Crippen MR) is 108 cm³/mol. The van der Waals surface area contributed by atoms with Gasteiger partial charge >= 0.3 is 6.18 Å². The molecule has 7 nitrogen and oxygen atoms in total. The molecule has 3 heterocycles. The van der Waals surface area contributed by atoms with Crippen molar-refractivity contribution in [2.75, 3.05) is 0 Å². The predicted octanol–water partition coefficient (Wildman–Crippen LogP) is 4.97. The number of aryl methyl sites for hydroxylation is 1. The molecule has 3 rings (SSSR count). The highest BCUT2D eigenvalue weighted by Gasteiger charge is 2.38. The second-order valence-corrected chi connectivity index (χ2v) is 7.33. The Morgan fingerprint density at radius 3 is 2.43 bits per heavy atom. The van der Waals surface area contributed by atoms with Crippen molar-refractivity contribution in [1.29, 1.82) is 0 Å². The van der Waals surface area contributed by atoms with Gasteiger partial charge in [-0.15, -0.1) is 0 Å². The SMILES string of the molecule is C/C=C\C.CC.Cc1cc(CNS(=O)(=O)c2[nH]nc3ncccc23)c(C(F)(F)F)o1. The van der Waals surface area contributed by atoms with E-state index in [-0.39, 0.29) is 27.4 Å². The van der Waals surface area contributed by atoms with Crippen molar-refractivity contribution in [3.63, 3.8) is 0 Å². The zero-order valence-electron chi connectivity index (χ0n) is 17.3. The fourth-order valence-electron chi connectivity index (χ4n) is 2.22. The molecule has 0 bridgehead atoms. The van der Waals surface area contributed by atoms with E-state index in [1.165, 1.54) is 25.3 Å². The molecule has 0 aromatic carbocycles. The molecule has 0 unspecified atom stereocenters. The average Bonchev–Trinajstić information content (AvgIpc) is 3.32. The number of hydrogen-bond donors (Lipinski definition) is 2. The van der Waals surface area contributed by atoms with E-state index in [9.17, 15) is 21.6 Å². The Kier molecular flexibility index (Phi) is 9.24. The monoisotopic (exact) mass is 446 g/mol. The number of nitrogens with one attached hydrogen (secondary N) is 2. The van der Waals surface area contributed by atoms with Crippen LogP contribution in [-0.2, 0) is 22.7 Å². The Labute approximate surface area is 173 Å². The van der Waals surface area contributed by atoms with Gasteiger partial charge in [-0.05, 0) is 39.0 Å². The highest BCUT2D eigenvalue weighted by atomic mass is 32.2. The molecule has 0 atom stereocenters. The molecule has 2 N–H and O–H groups in total. The Bertz CT molecular complexity index is 1070. The smallest absolute Gasteiger partial charge is 0.449 e. The van der Waals surface area contributed by atoms with Gasteiger partial charge in [0.1, 0.15) is 5.76 Å². The van der Waals surface area contributed by atoms with Crippen molar-refractivity contribution in [1.82, 2.24) is 19.9 Å². The van der Waals surface area contributed by atoms with E-state index in [0.717, 1.165) is 6.07 Å². The molecule has 0 aliphatic carbocycles. The van der Waals surface area contributed by atoms with Crippen LogP contribution >= 0.6 is 0 Å². The minimum atomic E-state index is -4.71. The Hall–Kier alpha value is -2.66. The third kappa shape index (κ3) is 6.42. The van der Waals surface area contributed by atoms with Gasteiger partial charge in [0, 0.05) is 18.3 Å². The van der Waals surface area contributed by atoms with E-state index in [2.05, 4.69) is 24.3 Å². The standard InChI is InChI=1S/C13H11F3N4O3S.C4H8.C2H6/c1-7-5-8(10(23-7)13(14,15)16)6-18-24(21,22)12-9-3-2-4-17-11(9)19-20-12;1-3-4-2;1-2/h2-5,18H,6H2,1H3,(H,17,19,20);3-4H,1-2H3;1-2H3/b;4-3-;. The minimum absolute atomic E-state index is 0.0349. The average molecular weight is 446 g/mol. The molecule has 3 aromatic heterocycles. The number of pyridine rings is 1. The Morgan fingerprint density at radius 2 is 1.87 bits per heavy atom. The van der Waals surface area contributed by atoms with E-state index in [1.54, 1.807) is 0 Å². The zero-order chi connectivity index (χ0) is 22.9. The first-order chi connectivity index (χ1) is 14.1. The third-order valence-corrected chi connectivity index (χ3v) is 4.91. The lowest BCUT2D eigenvalue weighted by atomic mass is 10.2. The van der Waals surface area contributed by atoms with E-state index in [1.807, 2.05) is 39.8 Å². The second kappa shape index (κ2) is 10.9. The summed E-state index contributed by atoms with van der Waals surface area (Å²) in [6.45, 7) is 8.77. The van der Waals surface area contributed by atoms with Crippen LogP contribution in [0.15, 0.2) is 46.0 Å². The number of alkyl halides is 3. The summed E-state index contributed by atoms with van der Waals surface area (Å²) in [4.78, 5) is 3.89. The van der Waals surface area contributed by atoms with Gasteiger partial charge in [-0.1, -0.05) is 26.0 Å². The van der Waals surface area contributed by atoms with Gasteiger partial charge in [-0.2, -0.15) is 18.3 Å². The van der Waals surface area contributed by atoms with Crippen LogP contribution in [0.4, 0.5) is 13.2 Å². The molecule has 166 valence electrons. The number of aromatic amines is 1. The largest absolute Gasteiger partial charge is 0.456 e. The van der Waals surface area contributed by atoms with Crippen molar-refractivity contribution >= 4 is 21.1 Å². The van der Waals surface area contributed by atoms with E-state index in [4.69, 9.17) is 0 Å². The summed E-state index contributed by atoms with van der Waals surface area (Å²) >= 11 is 0. The minimum Gasteiger partial charge on any atom is -0.456 e. The number of nitrogens with zero attached hydrogens (tertiary/aromatic N) is 2. The molecular weight excluding hydrogens is 421 g/mol.